The molecule has 108 valence electrons. The Morgan fingerprint density at radius 1 is 1.29 bits per heavy atom. The minimum Gasteiger partial charge on any atom is -0.479 e. The van der Waals surface area contributed by atoms with Crippen molar-refractivity contribution in [2.75, 3.05) is 11.9 Å². The first-order valence-electron chi connectivity index (χ1n) is 6.41. The summed E-state index contributed by atoms with van der Waals surface area (Å²) in [5.74, 6) is 0.384. The van der Waals surface area contributed by atoms with E-state index in [1.165, 1.54) is 12.1 Å². The minimum atomic E-state index is -0.279. The second-order valence-electron chi connectivity index (χ2n) is 4.51. The molecule has 21 heavy (non-hydrogen) atoms. The third-order valence-corrected chi connectivity index (χ3v) is 3.64. The van der Waals surface area contributed by atoms with E-state index < -0.39 is 0 Å². The minimum absolute atomic E-state index is 0.0374. The molecule has 2 rings (SSSR count). The lowest BCUT2D eigenvalue weighted by Crippen LogP contribution is -2.07. The molecular formula is C16H14BrFN2O. The molecule has 0 saturated carbocycles. The number of nitriles is 1. The number of halogens is 2. The first-order chi connectivity index (χ1) is 10.1. The first kappa shape index (κ1) is 15.3. The van der Waals surface area contributed by atoms with Gasteiger partial charge in [0.25, 0.3) is 0 Å². The molecule has 1 N–H and O–H groups in total. The predicted octanol–water partition coefficient (Wildman–Crippen LogP) is 4.66. The Balaban J connectivity index is 2.06. The second-order valence-corrected chi connectivity index (χ2v) is 5.36. The Morgan fingerprint density at radius 3 is 2.62 bits per heavy atom. The first-order valence-corrected chi connectivity index (χ1v) is 7.21. The fraction of sp³-hybridized carbons (Fsp3) is 0.188. The summed E-state index contributed by atoms with van der Waals surface area (Å²) in [7, 11) is 0. The van der Waals surface area contributed by atoms with Crippen LogP contribution < -0.4 is 10.1 Å². The Hall–Kier alpha value is -2.06. The number of ether oxygens (including phenoxy) is 1. The molecule has 0 saturated heterocycles. The number of hydrogen-bond acceptors (Lipinski definition) is 3. The number of rotatable bonds is 5. The van der Waals surface area contributed by atoms with Crippen LogP contribution in [0.5, 0.6) is 5.75 Å². The van der Waals surface area contributed by atoms with E-state index in [2.05, 4.69) is 21.2 Å². The van der Waals surface area contributed by atoms with Crippen molar-refractivity contribution in [1.82, 2.24) is 0 Å². The van der Waals surface area contributed by atoms with Crippen LogP contribution >= 0.6 is 15.9 Å². The molecule has 1 unspecified atom stereocenters. The smallest absolute Gasteiger partial charge is 0.174 e. The summed E-state index contributed by atoms with van der Waals surface area (Å²) in [5, 5.41) is 11.8. The highest BCUT2D eigenvalue weighted by molar-refractivity contribution is 9.10. The van der Waals surface area contributed by atoms with Gasteiger partial charge in [0.2, 0.25) is 0 Å². The van der Waals surface area contributed by atoms with Crippen molar-refractivity contribution in [2.24, 2.45) is 0 Å². The van der Waals surface area contributed by atoms with E-state index in [1.54, 1.807) is 6.07 Å². The molecule has 1 atom stereocenters. The zero-order valence-electron chi connectivity index (χ0n) is 11.4. The van der Waals surface area contributed by atoms with Gasteiger partial charge in [-0.05, 0) is 58.7 Å². The van der Waals surface area contributed by atoms with Gasteiger partial charge < -0.3 is 10.1 Å². The van der Waals surface area contributed by atoms with Crippen molar-refractivity contribution in [1.29, 1.82) is 5.26 Å². The predicted molar refractivity (Wildman–Crippen MR) is 83.7 cm³/mol. The standard InChI is InChI=1S/C16H14BrFN2O/c1-11(20-16-7-4-13(18)10-15(16)17)12-2-5-14(6-3-12)21-9-8-19/h2-7,10-11,20H,9H2,1H3. The lowest BCUT2D eigenvalue weighted by Gasteiger charge is -2.17. The van der Waals surface area contributed by atoms with Gasteiger partial charge in [0.15, 0.2) is 6.61 Å². The molecule has 0 aromatic heterocycles. The van der Waals surface area contributed by atoms with E-state index in [1.807, 2.05) is 37.3 Å². The van der Waals surface area contributed by atoms with Crippen molar-refractivity contribution in [3.63, 3.8) is 0 Å². The van der Waals surface area contributed by atoms with Crippen LogP contribution in [0.3, 0.4) is 0 Å². The largest absolute Gasteiger partial charge is 0.479 e. The summed E-state index contributed by atoms with van der Waals surface area (Å²) in [4.78, 5) is 0. The van der Waals surface area contributed by atoms with E-state index in [0.29, 0.717) is 10.2 Å². The van der Waals surface area contributed by atoms with Gasteiger partial charge in [-0.2, -0.15) is 5.26 Å². The fourth-order valence-corrected chi connectivity index (χ4v) is 2.36. The van der Waals surface area contributed by atoms with Crippen LogP contribution in [0.4, 0.5) is 10.1 Å². The highest BCUT2D eigenvalue weighted by Crippen LogP contribution is 2.27. The topological polar surface area (TPSA) is 45.0 Å². The molecule has 0 amide bonds. The van der Waals surface area contributed by atoms with Crippen LogP contribution in [0.2, 0.25) is 0 Å². The summed E-state index contributed by atoms with van der Waals surface area (Å²) in [5.41, 5.74) is 1.89. The van der Waals surface area contributed by atoms with E-state index in [9.17, 15) is 4.39 Å². The van der Waals surface area contributed by atoms with Gasteiger partial charge in [0.1, 0.15) is 17.6 Å². The Kier molecular flexibility index (Phi) is 5.18. The van der Waals surface area contributed by atoms with Gasteiger partial charge in [-0.25, -0.2) is 4.39 Å². The van der Waals surface area contributed by atoms with E-state index >= 15 is 0 Å². The van der Waals surface area contributed by atoms with Crippen LogP contribution in [-0.2, 0) is 0 Å². The maximum Gasteiger partial charge on any atom is 0.174 e. The summed E-state index contributed by atoms with van der Waals surface area (Å²) in [6.07, 6.45) is 0. The molecule has 0 aliphatic carbocycles. The van der Waals surface area contributed by atoms with Crippen LogP contribution in [-0.4, -0.2) is 6.61 Å². The van der Waals surface area contributed by atoms with Gasteiger partial charge in [0, 0.05) is 16.2 Å². The molecule has 0 aliphatic rings. The summed E-state index contributed by atoms with van der Waals surface area (Å²) in [6.45, 7) is 2.05. The molecule has 2 aromatic carbocycles. The highest BCUT2D eigenvalue weighted by Gasteiger charge is 2.08. The average molecular weight is 349 g/mol. The maximum atomic E-state index is 13.1. The summed E-state index contributed by atoms with van der Waals surface area (Å²) in [6, 6.07) is 14.0. The maximum absolute atomic E-state index is 13.1. The second kappa shape index (κ2) is 7.09. The molecule has 0 fully saturated rings. The Morgan fingerprint density at radius 2 is 2.00 bits per heavy atom. The van der Waals surface area contributed by atoms with Crippen molar-refractivity contribution in [3.05, 3.63) is 58.3 Å². The number of hydrogen-bond donors (Lipinski definition) is 1. The van der Waals surface area contributed by atoms with Gasteiger partial charge in [-0.1, -0.05) is 12.1 Å². The molecule has 3 nitrogen and oxygen atoms in total. The van der Waals surface area contributed by atoms with Crippen molar-refractivity contribution >= 4 is 21.6 Å². The third-order valence-electron chi connectivity index (χ3n) is 2.99. The molecule has 5 heteroatoms. The fourth-order valence-electron chi connectivity index (χ4n) is 1.89. The van der Waals surface area contributed by atoms with Crippen LogP contribution in [0.15, 0.2) is 46.9 Å². The van der Waals surface area contributed by atoms with E-state index in [4.69, 9.17) is 10.00 Å². The van der Waals surface area contributed by atoms with Crippen molar-refractivity contribution in [2.45, 2.75) is 13.0 Å². The van der Waals surface area contributed by atoms with Gasteiger partial charge in [0.05, 0.1) is 0 Å². The highest BCUT2D eigenvalue weighted by atomic mass is 79.9. The van der Waals surface area contributed by atoms with Crippen molar-refractivity contribution in [3.8, 4) is 11.8 Å². The number of benzene rings is 2. The molecule has 0 aliphatic heterocycles. The molecule has 2 aromatic rings. The van der Waals surface area contributed by atoms with E-state index in [-0.39, 0.29) is 18.5 Å². The number of nitrogens with zero attached hydrogens (tertiary/aromatic N) is 1. The normalized spacial score (nSPS) is 11.5. The van der Waals surface area contributed by atoms with Crippen LogP contribution in [0.1, 0.15) is 18.5 Å². The summed E-state index contributed by atoms with van der Waals surface area (Å²) >= 11 is 3.34. The van der Waals surface area contributed by atoms with Crippen molar-refractivity contribution < 1.29 is 9.13 Å². The monoisotopic (exact) mass is 348 g/mol. The lowest BCUT2D eigenvalue weighted by atomic mass is 10.1. The SMILES string of the molecule is CC(Nc1ccc(F)cc1Br)c1ccc(OCC#N)cc1. The van der Waals surface area contributed by atoms with Gasteiger partial charge >= 0.3 is 0 Å². The van der Waals surface area contributed by atoms with Gasteiger partial charge in [-0.15, -0.1) is 0 Å². The summed E-state index contributed by atoms with van der Waals surface area (Å²) < 4.78 is 19.0. The molecule has 0 radical (unpaired) electrons. The Labute approximate surface area is 131 Å². The zero-order valence-corrected chi connectivity index (χ0v) is 13.0. The number of nitrogens with one attached hydrogen (secondary N) is 1. The molecule has 0 spiro atoms. The van der Waals surface area contributed by atoms with Crippen LogP contribution in [0, 0.1) is 17.1 Å². The zero-order chi connectivity index (χ0) is 15.2. The quantitative estimate of drug-likeness (QED) is 0.854. The number of anilines is 1. The van der Waals surface area contributed by atoms with Gasteiger partial charge in [-0.3, -0.25) is 0 Å². The third kappa shape index (κ3) is 4.20. The molecular weight excluding hydrogens is 335 g/mol. The van der Waals surface area contributed by atoms with Crippen LogP contribution in [0.25, 0.3) is 0 Å². The lowest BCUT2D eigenvalue weighted by molar-refractivity contribution is 0.368. The Bertz CT molecular complexity index is 652. The molecule has 0 heterocycles. The molecule has 0 bridgehead atoms. The average Bonchev–Trinajstić information content (AvgIpc) is 2.48. The van der Waals surface area contributed by atoms with E-state index in [0.717, 1.165) is 11.3 Å².